The van der Waals surface area contributed by atoms with Gasteiger partial charge in [-0.15, -0.1) is 23.2 Å². The van der Waals surface area contributed by atoms with Crippen molar-refractivity contribution in [1.29, 1.82) is 5.26 Å². The first-order chi connectivity index (χ1) is 12.3. The van der Waals surface area contributed by atoms with Gasteiger partial charge in [0.25, 0.3) is 0 Å². The van der Waals surface area contributed by atoms with Gasteiger partial charge in [0.2, 0.25) is 6.10 Å². The number of halogens is 2. The maximum absolute atomic E-state index is 12.4. The van der Waals surface area contributed by atoms with Crippen molar-refractivity contribution in [3.05, 3.63) is 60.2 Å². The first kappa shape index (κ1) is 18.6. The summed E-state index contributed by atoms with van der Waals surface area (Å²) in [6.07, 6.45) is -1.07. The molecule has 2 unspecified atom stereocenters. The Balaban J connectivity index is 1.74. The molecule has 0 N–H and O–H groups in total. The smallest absolute Gasteiger partial charge is 0.314 e. The minimum Gasteiger partial charge on any atom is -0.457 e. The second-order valence-corrected chi connectivity index (χ2v) is 8.10. The summed E-state index contributed by atoms with van der Waals surface area (Å²) in [4.78, 5) is 12.4. The molecule has 3 rings (SSSR count). The van der Waals surface area contributed by atoms with Gasteiger partial charge in [0.15, 0.2) is 0 Å². The van der Waals surface area contributed by atoms with E-state index < -0.39 is 27.7 Å². The van der Waals surface area contributed by atoms with E-state index in [1.54, 1.807) is 38.1 Å². The number of nitriles is 1. The fourth-order valence-electron chi connectivity index (χ4n) is 2.82. The maximum Gasteiger partial charge on any atom is 0.314 e. The Hall–Kier alpha value is -2.22. The third kappa shape index (κ3) is 3.38. The summed E-state index contributed by atoms with van der Waals surface area (Å²) in [5, 5.41) is 9.44. The van der Waals surface area contributed by atoms with Crippen LogP contribution in [0.5, 0.6) is 11.5 Å². The van der Waals surface area contributed by atoms with Gasteiger partial charge in [0.05, 0.1) is 5.92 Å². The molecular weight excluding hydrogens is 373 g/mol. The Kier molecular flexibility index (Phi) is 4.88. The number of esters is 1. The highest BCUT2D eigenvalue weighted by Gasteiger charge is 2.74. The van der Waals surface area contributed by atoms with Crippen LogP contribution in [-0.4, -0.2) is 10.3 Å². The van der Waals surface area contributed by atoms with E-state index in [2.05, 4.69) is 0 Å². The molecule has 0 heterocycles. The summed E-state index contributed by atoms with van der Waals surface area (Å²) in [6.45, 7) is 3.57. The van der Waals surface area contributed by atoms with E-state index in [9.17, 15) is 10.1 Å². The van der Waals surface area contributed by atoms with Crippen LogP contribution in [0.25, 0.3) is 0 Å². The van der Waals surface area contributed by atoms with Crippen molar-refractivity contribution >= 4 is 29.2 Å². The Labute approximate surface area is 162 Å². The molecule has 0 amide bonds. The van der Waals surface area contributed by atoms with E-state index in [0.29, 0.717) is 17.1 Å². The average molecular weight is 390 g/mol. The van der Waals surface area contributed by atoms with Crippen molar-refractivity contribution < 1.29 is 14.3 Å². The zero-order valence-electron chi connectivity index (χ0n) is 14.3. The summed E-state index contributed by atoms with van der Waals surface area (Å²) < 4.78 is 9.94. The predicted molar refractivity (Wildman–Crippen MR) is 99.1 cm³/mol. The van der Waals surface area contributed by atoms with E-state index in [0.717, 1.165) is 0 Å². The number of hydrogen-bond donors (Lipinski definition) is 0. The lowest BCUT2D eigenvalue weighted by atomic mass is 10.1. The molecule has 1 aliphatic carbocycles. The SMILES string of the molecule is CC1(C)C(C(=O)OC(C#N)c2cccc(Oc3ccccc3)c2)C1(Cl)Cl. The van der Waals surface area contributed by atoms with Crippen LogP contribution in [0, 0.1) is 22.7 Å². The van der Waals surface area contributed by atoms with Crippen LogP contribution in [0.3, 0.4) is 0 Å². The van der Waals surface area contributed by atoms with Crippen molar-refractivity contribution in [2.75, 3.05) is 0 Å². The Morgan fingerprint density at radius 1 is 1.12 bits per heavy atom. The van der Waals surface area contributed by atoms with Crippen LogP contribution in [0.15, 0.2) is 54.6 Å². The molecule has 134 valence electrons. The lowest BCUT2D eigenvalue weighted by molar-refractivity contribution is -0.149. The molecule has 6 heteroatoms. The summed E-state index contributed by atoms with van der Waals surface area (Å²) in [6, 6.07) is 18.1. The molecule has 1 fully saturated rings. The lowest BCUT2D eigenvalue weighted by Gasteiger charge is -2.13. The van der Waals surface area contributed by atoms with E-state index in [-0.39, 0.29) is 0 Å². The third-order valence-electron chi connectivity index (χ3n) is 4.59. The molecule has 0 spiro atoms. The molecule has 2 aromatic rings. The van der Waals surface area contributed by atoms with Crippen molar-refractivity contribution in [2.24, 2.45) is 11.3 Å². The number of hydrogen-bond acceptors (Lipinski definition) is 4. The molecule has 0 aromatic heterocycles. The highest BCUT2D eigenvalue weighted by atomic mass is 35.5. The van der Waals surface area contributed by atoms with Crippen LogP contribution in [0.4, 0.5) is 0 Å². The van der Waals surface area contributed by atoms with Crippen molar-refractivity contribution in [3.8, 4) is 17.6 Å². The van der Waals surface area contributed by atoms with Gasteiger partial charge in [-0.1, -0.05) is 44.2 Å². The zero-order chi connectivity index (χ0) is 18.9. The molecule has 0 aliphatic heterocycles. The normalized spacial score (nSPS) is 20.5. The second-order valence-electron chi connectivity index (χ2n) is 6.71. The molecule has 0 saturated heterocycles. The Morgan fingerprint density at radius 2 is 1.73 bits per heavy atom. The number of ether oxygens (including phenoxy) is 2. The van der Waals surface area contributed by atoms with Gasteiger partial charge in [0.1, 0.15) is 21.9 Å². The molecule has 1 saturated carbocycles. The first-order valence-corrected chi connectivity index (χ1v) is 8.84. The molecule has 0 bridgehead atoms. The molecule has 2 atom stereocenters. The number of carbonyl (C=O) groups is 1. The van der Waals surface area contributed by atoms with Gasteiger partial charge in [0, 0.05) is 11.0 Å². The summed E-state index contributed by atoms with van der Waals surface area (Å²) >= 11 is 12.3. The fourth-order valence-corrected chi connectivity index (χ4v) is 3.65. The molecule has 0 radical (unpaired) electrons. The number of benzene rings is 2. The quantitative estimate of drug-likeness (QED) is 0.506. The molecular formula is C20H17Cl2NO3. The molecule has 4 nitrogen and oxygen atoms in total. The van der Waals surface area contributed by atoms with Gasteiger partial charge in [-0.05, 0) is 24.3 Å². The molecule has 2 aromatic carbocycles. The van der Waals surface area contributed by atoms with Gasteiger partial charge >= 0.3 is 5.97 Å². The van der Waals surface area contributed by atoms with Crippen molar-refractivity contribution in [2.45, 2.75) is 24.3 Å². The van der Waals surface area contributed by atoms with Gasteiger partial charge in [-0.2, -0.15) is 5.26 Å². The number of para-hydroxylation sites is 1. The summed E-state index contributed by atoms with van der Waals surface area (Å²) in [5.74, 6) is -0.0383. The number of rotatable bonds is 5. The van der Waals surface area contributed by atoms with E-state index in [1.807, 2.05) is 36.4 Å². The molecule has 1 aliphatic rings. The number of alkyl halides is 2. The average Bonchev–Trinajstić information content (AvgIpc) is 3.02. The fraction of sp³-hybridized carbons (Fsp3) is 0.300. The van der Waals surface area contributed by atoms with Crippen LogP contribution >= 0.6 is 23.2 Å². The summed E-state index contributed by atoms with van der Waals surface area (Å²) in [5.41, 5.74) is -0.0756. The molecule has 26 heavy (non-hydrogen) atoms. The topological polar surface area (TPSA) is 59.3 Å². The first-order valence-electron chi connectivity index (χ1n) is 8.08. The zero-order valence-corrected chi connectivity index (χ0v) is 15.8. The Bertz CT molecular complexity index is 845. The van der Waals surface area contributed by atoms with Crippen LogP contribution < -0.4 is 4.74 Å². The van der Waals surface area contributed by atoms with Crippen LogP contribution in [-0.2, 0) is 9.53 Å². The van der Waals surface area contributed by atoms with Gasteiger partial charge in [-0.3, -0.25) is 4.79 Å². The van der Waals surface area contributed by atoms with Gasteiger partial charge < -0.3 is 9.47 Å². The van der Waals surface area contributed by atoms with Crippen LogP contribution in [0.2, 0.25) is 0 Å². The van der Waals surface area contributed by atoms with E-state index in [4.69, 9.17) is 32.7 Å². The summed E-state index contributed by atoms with van der Waals surface area (Å²) in [7, 11) is 0. The van der Waals surface area contributed by atoms with Crippen molar-refractivity contribution in [3.63, 3.8) is 0 Å². The monoisotopic (exact) mass is 389 g/mol. The second kappa shape index (κ2) is 6.83. The highest BCUT2D eigenvalue weighted by molar-refractivity contribution is 6.53. The highest BCUT2D eigenvalue weighted by Crippen LogP contribution is 2.69. The standard InChI is InChI=1S/C20H17Cl2NO3/c1-19(2)17(20(19,21)22)18(24)26-16(12-23)13-7-6-10-15(11-13)25-14-8-4-3-5-9-14/h3-11,16-17H,1-2H3. The largest absolute Gasteiger partial charge is 0.457 e. The van der Waals surface area contributed by atoms with E-state index >= 15 is 0 Å². The maximum atomic E-state index is 12.4. The number of carbonyl (C=O) groups excluding carboxylic acids is 1. The van der Waals surface area contributed by atoms with Gasteiger partial charge in [-0.25, -0.2) is 0 Å². The third-order valence-corrected chi connectivity index (χ3v) is 6.00. The van der Waals surface area contributed by atoms with E-state index in [1.165, 1.54) is 0 Å². The van der Waals surface area contributed by atoms with Crippen molar-refractivity contribution in [1.82, 2.24) is 0 Å². The Morgan fingerprint density at radius 3 is 2.31 bits per heavy atom. The minimum atomic E-state index is -1.18. The number of nitrogens with zero attached hydrogens (tertiary/aromatic N) is 1. The predicted octanol–water partition coefficient (Wildman–Crippen LogP) is 5.42. The minimum absolute atomic E-state index is 0.516. The lowest BCUT2D eigenvalue weighted by Crippen LogP contribution is -2.15. The van der Waals surface area contributed by atoms with Crippen LogP contribution in [0.1, 0.15) is 25.5 Å².